The fourth-order valence-corrected chi connectivity index (χ4v) is 3.20. The molecular weight excluding hydrogens is 312 g/mol. The van der Waals surface area contributed by atoms with Crippen molar-refractivity contribution in [3.05, 3.63) is 66.5 Å². The van der Waals surface area contributed by atoms with E-state index in [4.69, 9.17) is 4.74 Å². The quantitative estimate of drug-likeness (QED) is 0.790. The molecule has 1 aromatic heterocycles. The summed E-state index contributed by atoms with van der Waals surface area (Å²) in [5.74, 6) is -0.106. The van der Waals surface area contributed by atoms with E-state index in [0.717, 1.165) is 30.6 Å². The number of hydrogen-bond donors (Lipinski definition) is 1. The molecule has 25 heavy (non-hydrogen) atoms. The Hall–Kier alpha value is -2.72. The number of benzene rings is 2. The Morgan fingerprint density at radius 1 is 1.08 bits per heavy atom. The number of carbonyl (C=O) groups is 1. The van der Waals surface area contributed by atoms with Crippen LogP contribution in [-0.4, -0.2) is 30.1 Å². The van der Waals surface area contributed by atoms with E-state index in [1.54, 1.807) is 12.4 Å². The molecule has 1 atom stereocenters. The van der Waals surface area contributed by atoms with Crippen LogP contribution >= 0.6 is 0 Å². The van der Waals surface area contributed by atoms with E-state index in [1.165, 1.54) is 10.8 Å². The summed E-state index contributed by atoms with van der Waals surface area (Å²) in [7, 11) is 0. The van der Waals surface area contributed by atoms with E-state index in [2.05, 4.69) is 40.6 Å². The van der Waals surface area contributed by atoms with Crippen LogP contribution in [0.2, 0.25) is 0 Å². The van der Waals surface area contributed by atoms with Crippen LogP contribution in [0, 0.1) is 0 Å². The minimum absolute atomic E-state index is 0.106. The zero-order valence-electron chi connectivity index (χ0n) is 13.9. The van der Waals surface area contributed by atoms with E-state index in [9.17, 15) is 4.79 Å². The predicted molar refractivity (Wildman–Crippen MR) is 98.5 cm³/mol. The lowest BCUT2D eigenvalue weighted by Gasteiger charge is -2.11. The zero-order chi connectivity index (χ0) is 17.1. The van der Waals surface area contributed by atoms with Crippen molar-refractivity contribution in [2.45, 2.75) is 18.9 Å². The second kappa shape index (κ2) is 7.03. The molecule has 0 spiro atoms. The van der Waals surface area contributed by atoms with Crippen LogP contribution in [0.4, 0.5) is 0 Å². The van der Waals surface area contributed by atoms with Crippen LogP contribution in [0.25, 0.3) is 21.9 Å². The maximum Gasteiger partial charge on any atom is 0.252 e. The van der Waals surface area contributed by atoms with Crippen molar-refractivity contribution in [3.63, 3.8) is 0 Å². The van der Waals surface area contributed by atoms with E-state index in [-0.39, 0.29) is 12.0 Å². The lowest BCUT2D eigenvalue weighted by molar-refractivity contribution is 0.0857. The van der Waals surface area contributed by atoms with Crippen LogP contribution in [0.1, 0.15) is 23.2 Å². The van der Waals surface area contributed by atoms with Gasteiger partial charge in [0.05, 0.1) is 11.7 Å². The summed E-state index contributed by atoms with van der Waals surface area (Å²) in [6.45, 7) is 1.35. The Balaban J connectivity index is 1.54. The summed E-state index contributed by atoms with van der Waals surface area (Å²) in [4.78, 5) is 16.6. The monoisotopic (exact) mass is 332 g/mol. The number of amides is 1. The van der Waals surface area contributed by atoms with Gasteiger partial charge in [-0.15, -0.1) is 0 Å². The highest BCUT2D eigenvalue weighted by molar-refractivity contribution is 5.95. The van der Waals surface area contributed by atoms with Crippen LogP contribution < -0.4 is 5.32 Å². The molecule has 3 aromatic rings. The number of ether oxygens (including phenoxy) is 1. The average Bonchev–Trinajstić information content (AvgIpc) is 3.19. The van der Waals surface area contributed by atoms with Gasteiger partial charge in [-0.2, -0.15) is 0 Å². The summed E-state index contributed by atoms with van der Waals surface area (Å²) in [5.41, 5.74) is 2.57. The molecule has 1 aliphatic rings. The van der Waals surface area contributed by atoms with Gasteiger partial charge in [0.1, 0.15) is 0 Å². The molecule has 0 aliphatic carbocycles. The number of aromatic nitrogens is 1. The summed E-state index contributed by atoms with van der Waals surface area (Å²) < 4.78 is 5.54. The largest absolute Gasteiger partial charge is 0.376 e. The number of fused-ring (bicyclic) bond motifs is 1. The van der Waals surface area contributed by atoms with Crippen molar-refractivity contribution in [1.82, 2.24) is 10.3 Å². The zero-order valence-corrected chi connectivity index (χ0v) is 13.9. The summed E-state index contributed by atoms with van der Waals surface area (Å²) in [6, 6.07) is 16.4. The SMILES string of the molecule is O=C(NCC1CCCO1)c1cncc(-c2ccc3ccccc3c2)c1. The topological polar surface area (TPSA) is 51.2 Å². The molecule has 0 saturated carbocycles. The molecule has 4 nitrogen and oxygen atoms in total. The van der Waals surface area contributed by atoms with Crippen molar-refractivity contribution in [2.75, 3.05) is 13.2 Å². The fraction of sp³-hybridized carbons (Fsp3) is 0.238. The van der Waals surface area contributed by atoms with Gasteiger partial charge in [0.2, 0.25) is 0 Å². The second-order valence-electron chi connectivity index (χ2n) is 6.37. The van der Waals surface area contributed by atoms with E-state index in [0.29, 0.717) is 12.1 Å². The third-order valence-corrected chi connectivity index (χ3v) is 4.60. The second-order valence-corrected chi connectivity index (χ2v) is 6.37. The highest BCUT2D eigenvalue weighted by Gasteiger charge is 2.17. The van der Waals surface area contributed by atoms with Gasteiger partial charge in [0, 0.05) is 31.1 Å². The molecular formula is C21H20N2O2. The molecule has 1 N–H and O–H groups in total. The smallest absolute Gasteiger partial charge is 0.252 e. The minimum atomic E-state index is -0.106. The molecule has 4 heteroatoms. The molecule has 126 valence electrons. The summed E-state index contributed by atoms with van der Waals surface area (Å²) >= 11 is 0. The first kappa shape index (κ1) is 15.8. The molecule has 2 aromatic carbocycles. The van der Waals surface area contributed by atoms with Gasteiger partial charge in [-0.25, -0.2) is 0 Å². The molecule has 1 saturated heterocycles. The highest BCUT2D eigenvalue weighted by Crippen LogP contribution is 2.24. The first-order valence-corrected chi connectivity index (χ1v) is 8.64. The molecule has 0 radical (unpaired) electrons. The van der Waals surface area contributed by atoms with Crippen molar-refractivity contribution in [1.29, 1.82) is 0 Å². The van der Waals surface area contributed by atoms with Gasteiger partial charge in [0.25, 0.3) is 5.91 Å². The molecule has 1 unspecified atom stereocenters. The Kier molecular flexibility index (Phi) is 4.44. The Morgan fingerprint density at radius 2 is 1.96 bits per heavy atom. The molecule has 2 heterocycles. The first-order valence-electron chi connectivity index (χ1n) is 8.64. The van der Waals surface area contributed by atoms with Crippen molar-refractivity contribution >= 4 is 16.7 Å². The van der Waals surface area contributed by atoms with Gasteiger partial charge < -0.3 is 10.1 Å². The van der Waals surface area contributed by atoms with Gasteiger partial charge in [-0.1, -0.05) is 36.4 Å². The van der Waals surface area contributed by atoms with Crippen LogP contribution in [0.15, 0.2) is 60.9 Å². The van der Waals surface area contributed by atoms with Crippen LogP contribution in [-0.2, 0) is 4.74 Å². The maximum atomic E-state index is 12.4. The minimum Gasteiger partial charge on any atom is -0.376 e. The molecule has 1 fully saturated rings. The number of rotatable bonds is 4. The Labute approximate surface area is 146 Å². The van der Waals surface area contributed by atoms with E-state index in [1.807, 2.05) is 18.2 Å². The number of carbonyl (C=O) groups excluding carboxylic acids is 1. The fourth-order valence-electron chi connectivity index (χ4n) is 3.20. The molecule has 0 bridgehead atoms. The Bertz CT molecular complexity index is 901. The van der Waals surface area contributed by atoms with Crippen molar-refractivity contribution in [3.8, 4) is 11.1 Å². The van der Waals surface area contributed by atoms with Crippen LogP contribution in [0.3, 0.4) is 0 Å². The lowest BCUT2D eigenvalue weighted by atomic mass is 10.0. The molecule has 4 rings (SSSR count). The van der Waals surface area contributed by atoms with Gasteiger partial charge in [0.15, 0.2) is 0 Å². The number of pyridine rings is 1. The number of nitrogens with one attached hydrogen (secondary N) is 1. The van der Waals surface area contributed by atoms with Crippen molar-refractivity contribution in [2.24, 2.45) is 0 Å². The third-order valence-electron chi connectivity index (χ3n) is 4.60. The molecule has 1 amide bonds. The molecule has 1 aliphatic heterocycles. The summed E-state index contributed by atoms with van der Waals surface area (Å²) in [5, 5.41) is 5.32. The summed E-state index contributed by atoms with van der Waals surface area (Å²) in [6.07, 6.45) is 5.62. The van der Waals surface area contributed by atoms with E-state index >= 15 is 0 Å². The lowest BCUT2D eigenvalue weighted by Crippen LogP contribution is -2.31. The third kappa shape index (κ3) is 3.54. The number of hydrogen-bond acceptors (Lipinski definition) is 3. The number of nitrogens with zero attached hydrogens (tertiary/aromatic N) is 1. The predicted octanol–water partition coefficient (Wildman–Crippen LogP) is 3.81. The van der Waals surface area contributed by atoms with E-state index < -0.39 is 0 Å². The average molecular weight is 332 g/mol. The standard InChI is InChI=1S/C21H20N2O2/c24-21(23-14-20-6-3-9-25-20)19-11-18(12-22-13-19)17-8-7-15-4-1-2-5-16(15)10-17/h1-2,4-5,7-8,10-13,20H,3,6,9,14H2,(H,23,24). The normalized spacial score (nSPS) is 16.9. The van der Waals surface area contributed by atoms with Gasteiger partial charge in [-0.05, 0) is 41.3 Å². The maximum absolute atomic E-state index is 12.4. The first-order chi connectivity index (χ1) is 12.3. The van der Waals surface area contributed by atoms with Crippen LogP contribution in [0.5, 0.6) is 0 Å². The van der Waals surface area contributed by atoms with Gasteiger partial charge in [-0.3, -0.25) is 9.78 Å². The highest BCUT2D eigenvalue weighted by atomic mass is 16.5. The van der Waals surface area contributed by atoms with Gasteiger partial charge >= 0.3 is 0 Å². The van der Waals surface area contributed by atoms with Crippen molar-refractivity contribution < 1.29 is 9.53 Å². The Morgan fingerprint density at radius 3 is 2.80 bits per heavy atom.